The zero-order valence-electron chi connectivity index (χ0n) is 19.5. The highest BCUT2D eigenvalue weighted by atomic mass is 16.6. The molecule has 1 aromatic heterocycles. The Balaban J connectivity index is 2.06. The number of nitrogens with zero attached hydrogens (tertiary/aromatic N) is 4. The fraction of sp³-hybridized carbons (Fsp3) is 0.652. The zero-order valence-corrected chi connectivity index (χ0v) is 19.5. The van der Waals surface area contributed by atoms with Crippen molar-refractivity contribution in [3.8, 4) is 6.19 Å². The number of aliphatic imine (C=N–C) groups is 1. The minimum Gasteiger partial charge on any atom is -0.444 e. The summed E-state index contributed by atoms with van der Waals surface area (Å²) in [7, 11) is 0. The first-order valence-electron chi connectivity index (χ1n) is 11.1. The number of hydrogen-bond acceptors (Lipinski definition) is 5. The Morgan fingerprint density at radius 1 is 1.19 bits per heavy atom. The third-order valence-corrected chi connectivity index (χ3v) is 4.49. The summed E-state index contributed by atoms with van der Waals surface area (Å²) in [6.45, 7) is 8.72. The minimum absolute atomic E-state index is 0.216. The number of anilines is 1. The van der Waals surface area contributed by atoms with Crippen LogP contribution >= 0.6 is 0 Å². The molecule has 0 aliphatic carbocycles. The summed E-state index contributed by atoms with van der Waals surface area (Å²) < 4.78 is 5.20. The second kappa shape index (κ2) is 14.2. The maximum absolute atomic E-state index is 11.5. The van der Waals surface area contributed by atoms with E-state index in [4.69, 9.17) is 10.5 Å². The molecule has 31 heavy (non-hydrogen) atoms. The normalized spacial score (nSPS) is 11.6. The third kappa shape index (κ3) is 12.5. The molecule has 1 aromatic rings. The van der Waals surface area contributed by atoms with E-state index in [1.165, 1.54) is 24.2 Å². The molecule has 1 amide bonds. The van der Waals surface area contributed by atoms with Gasteiger partial charge in [0.05, 0.1) is 5.69 Å². The molecule has 0 saturated heterocycles. The third-order valence-electron chi connectivity index (χ3n) is 4.49. The highest BCUT2D eigenvalue weighted by molar-refractivity contribution is 5.97. The zero-order chi connectivity index (χ0) is 23.1. The van der Waals surface area contributed by atoms with Gasteiger partial charge in [0, 0.05) is 25.0 Å². The molecular weight excluding hydrogens is 392 g/mol. The summed E-state index contributed by atoms with van der Waals surface area (Å²) in [5.41, 5.74) is 7.03. The van der Waals surface area contributed by atoms with Gasteiger partial charge in [0.25, 0.3) is 0 Å². The molecule has 0 saturated carbocycles. The summed E-state index contributed by atoms with van der Waals surface area (Å²) >= 11 is 0. The van der Waals surface area contributed by atoms with E-state index < -0.39 is 5.60 Å². The van der Waals surface area contributed by atoms with Crippen LogP contribution in [0.4, 0.5) is 10.5 Å². The quantitative estimate of drug-likeness (QED) is 0.164. The topological polar surface area (TPSA) is 117 Å². The molecule has 1 heterocycles. The fourth-order valence-corrected chi connectivity index (χ4v) is 2.98. The first-order valence-corrected chi connectivity index (χ1v) is 11.1. The van der Waals surface area contributed by atoms with E-state index in [2.05, 4.69) is 21.5 Å². The molecule has 0 aliphatic rings. The monoisotopic (exact) mass is 430 g/mol. The lowest BCUT2D eigenvalue weighted by molar-refractivity contribution is 0.0527. The SMILES string of the molecule is Cc1cc(N(C#N)C(N)=NCCCCCCCCCCNC(=O)OC(C)(C)C)ccn1. The van der Waals surface area contributed by atoms with Gasteiger partial charge in [-0.15, -0.1) is 0 Å². The van der Waals surface area contributed by atoms with Crippen LogP contribution in [0, 0.1) is 18.4 Å². The van der Waals surface area contributed by atoms with E-state index in [1.807, 2.05) is 27.7 Å². The number of alkyl carbamates (subject to hydrolysis) is 1. The number of carbonyl (C=O) groups excluding carboxylic acids is 1. The van der Waals surface area contributed by atoms with Crippen LogP contribution < -0.4 is 16.0 Å². The molecule has 0 atom stereocenters. The first kappa shape index (κ1) is 26.2. The van der Waals surface area contributed by atoms with Crippen LogP contribution in [-0.4, -0.2) is 35.7 Å². The van der Waals surface area contributed by atoms with Gasteiger partial charge in [-0.25, -0.2) is 9.69 Å². The summed E-state index contributed by atoms with van der Waals surface area (Å²) in [6, 6.07) is 3.55. The number of amides is 1. The Morgan fingerprint density at radius 2 is 1.81 bits per heavy atom. The van der Waals surface area contributed by atoms with Crippen molar-refractivity contribution in [2.24, 2.45) is 10.7 Å². The second-order valence-electron chi connectivity index (χ2n) is 8.59. The van der Waals surface area contributed by atoms with Crippen molar-refractivity contribution in [1.82, 2.24) is 10.3 Å². The molecule has 172 valence electrons. The van der Waals surface area contributed by atoms with Crippen molar-refractivity contribution in [2.75, 3.05) is 18.0 Å². The molecule has 0 spiro atoms. The number of nitrogens with two attached hydrogens (primary N) is 1. The molecule has 0 radical (unpaired) electrons. The van der Waals surface area contributed by atoms with Crippen molar-refractivity contribution in [1.29, 1.82) is 5.26 Å². The molecule has 0 aliphatic heterocycles. The molecule has 1 rings (SSSR count). The van der Waals surface area contributed by atoms with Crippen LogP contribution in [0.3, 0.4) is 0 Å². The minimum atomic E-state index is -0.449. The van der Waals surface area contributed by atoms with Gasteiger partial charge in [-0.05, 0) is 52.7 Å². The smallest absolute Gasteiger partial charge is 0.407 e. The van der Waals surface area contributed by atoms with Gasteiger partial charge >= 0.3 is 6.09 Å². The average Bonchev–Trinajstić information content (AvgIpc) is 2.68. The van der Waals surface area contributed by atoms with E-state index in [0.717, 1.165) is 37.8 Å². The van der Waals surface area contributed by atoms with Crippen molar-refractivity contribution >= 4 is 17.7 Å². The number of ether oxygens (including phenoxy) is 1. The summed E-state index contributed by atoms with van der Waals surface area (Å²) in [5, 5.41) is 12.1. The van der Waals surface area contributed by atoms with Gasteiger partial charge in [-0.2, -0.15) is 5.26 Å². The average molecular weight is 431 g/mol. The molecule has 0 bridgehead atoms. The maximum Gasteiger partial charge on any atom is 0.407 e. The van der Waals surface area contributed by atoms with E-state index >= 15 is 0 Å². The number of aryl methyl sites for hydroxylation is 1. The Kier molecular flexibility index (Phi) is 12.0. The lowest BCUT2D eigenvalue weighted by Gasteiger charge is -2.19. The van der Waals surface area contributed by atoms with Gasteiger partial charge in [-0.1, -0.05) is 38.5 Å². The van der Waals surface area contributed by atoms with Crippen LogP contribution in [-0.2, 0) is 4.74 Å². The van der Waals surface area contributed by atoms with E-state index in [1.54, 1.807) is 18.3 Å². The van der Waals surface area contributed by atoms with Gasteiger partial charge in [0.1, 0.15) is 5.60 Å². The van der Waals surface area contributed by atoms with Gasteiger partial charge in [-0.3, -0.25) is 9.98 Å². The predicted molar refractivity (Wildman–Crippen MR) is 125 cm³/mol. The molecule has 0 fully saturated rings. The van der Waals surface area contributed by atoms with Gasteiger partial charge < -0.3 is 15.8 Å². The number of hydrogen-bond donors (Lipinski definition) is 2. The highest BCUT2D eigenvalue weighted by Gasteiger charge is 2.15. The Bertz CT molecular complexity index is 736. The van der Waals surface area contributed by atoms with Crippen LogP contribution in [0.15, 0.2) is 23.3 Å². The predicted octanol–water partition coefficient (Wildman–Crippen LogP) is 4.64. The van der Waals surface area contributed by atoms with Crippen LogP contribution in [0.2, 0.25) is 0 Å². The summed E-state index contributed by atoms with van der Waals surface area (Å²) in [5.74, 6) is 0.216. The number of unbranched alkanes of at least 4 members (excludes halogenated alkanes) is 7. The van der Waals surface area contributed by atoms with Crippen molar-refractivity contribution in [3.63, 3.8) is 0 Å². The molecule has 8 nitrogen and oxygen atoms in total. The van der Waals surface area contributed by atoms with E-state index in [-0.39, 0.29) is 12.1 Å². The number of carbonyl (C=O) groups is 1. The molecule has 3 N–H and O–H groups in total. The Labute approximate surface area is 186 Å². The van der Waals surface area contributed by atoms with E-state index in [0.29, 0.717) is 18.8 Å². The maximum atomic E-state index is 11.5. The number of nitrogens with one attached hydrogen (secondary N) is 1. The van der Waals surface area contributed by atoms with Crippen LogP contribution in [0.1, 0.15) is 77.8 Å². The number of guanidine groups is 1. The lowest BCUT2D eigenvalue weighted by Crippen LogP contribution is -2.33. The Morgan fingerprint density at radius 3 is 2.39 bits per heavy atom. The van der Waals surface area contributed by atoms with Gasteiger partial charge in [0.15, 0.2) is 6.19 Å². The standard InChI is InChI=1S/C23H38N6O2/c1-19-17-20(13-16-26-19)29(18-24)21(25)27-14-11-9-7-5-6-8-10-12-15-28-22(30)31-23(2,3)4/h13,16-17H,5-12,14-15H2,1-4H3,(H2,25,27)(H,28,30). The van der Waals surface area contributed by atoms with Crippen molar-refractivity contribution in [3.05, 3.63) is 24.0 Å². The number of aromatic nitrogens is 1. The van der Waals surface area contributed by atoms with Crippen LogP contribution in [0.5, 0.6) is 0 Å². The van der Waals surface area contributed by atoms with Gasteiger partial charge in [0.2, 0.25) is 5.96 Å². The highest BCUT2D eigenvalue weighted by Crippen LogP contribution is 2.13. The van der Waals surface area contributed by atoms with E-state index in [9.17, 15) is 10.1 Å². The second-order valence-corrected chi connectivity index (χ2v) is 8.59. The largest absolute Gasteiger partial charge is 0.444 e. The number of nitriles is 1. The van der Waals surface area contributed by atoms with Crippen molar-refractivity contribution < 1.29 is 9.53 Å². The summed E-state index contributed by atoms with van der Waals surface area (Å²) in [4.78, 5) is 21.3. The lowest BCUT2D eigenvalue weighted by atomic mass is 10.1. The first-order chi connectivity index (χ1) is 14.7. The molecule has 8 heteroatoms. The number of rotatable bonds is 12. The van der Waals surface area contributed by atoms with Crippen molar-refractivity contribution in [2.45, 2.75) is 84.7 Å². The number of pyridine rings is 1. The molecule has 0 unspecified atom stereocenters. The molecule has 0 aromatic carbocycles. The molecular formula is C23H38N6O2. The summed E-state index contributed by atoms with van der Waals surface area (Å²) in [6.07, 6.45) is 12.2. The Hall–Kier alpha value is -2.82. The fourth-order valence-electron chi connectivity index (χ4n) is 2.98. The van der Waals surface area contributed by atoms with Crippen LogP contribution in [0.25, 0.3) is 0 Å².